The van der Waals surface area contributed by atoms with Crippen molar-refractivity contribution >= 4 is 51.5 Å². The minimum atomic E-state index is 0.915. The lowest BCUT2D eigenvalue weighted by atomic mass is 9.70. The average molecular weight is 1290 g/mol. The molecule has 0 radical (unpaired) electrons. The summed E-state index contributed by atoms with van der Waals surface area (Å²) in [7, 11) is 0. The van der Waals surface area contributed by atoms with Crippen molar-refractivity contribution in [2.75, 3.05) is 0 Å². The zero-order valence-electron chi connectivity index (χ0n) is 58.6. The van der Waals surface area contributed by atoms with E-state index in [0.717, 1.165) is 68.3 Å². The fraction of sp³-hybridized carbons (Fsp3) is 0.724. The maximum atomic E-state index is 6.42. The van der Waals surface area contributed by atoms with Crippen LogP contribution in [0.15, 0.2) is 91.0 Å². The van der Waals surface area contributed by atoms with Crippen LogP contribution in [0.25, 0.3) is 16.7 Å². The van der Waals surface area contributed by atoms with E-state index < -0.39 is 0 Å². The predicted octanol–water partition coefficient (Wildman–Crippen LogP) is 30.8. The van der Waals surface area contributed by atoms with Crippen LogP contribution in [0.3, 0.4) is 0 Å². The first-order valence-corrected chi connectivity index (χ1v) is 40.8. The van der Waals surface area contributed by atoms with Crippen molar-refractivity contribution in [1.29, 1.82) is 0 Å². The second kappa shape index (κ2) is 46.0. The van der Waals surface area contributed by atoms with E-state index in [2.05, 4.69) is 75.4 Å². The van der Waals surface area contributed by atoms with Gasteiger partial charge in [0.1, 0.15) is 0 Å². The first-order valence-electron chi connectivity index (χ1n) is 39.6. The fourth-order valence-electron chi connectivity index (χ4n) is 17.8. The van der Waals surface area contributed by atoms with Gasteiger partial charge in [0.05, 0.1) is 0 Å². The molecule has 3 atom stereocenters. The Labute approximate surface area is 572 Å². The zero-order chi connectivity index (χ0) is 63.1. The average Bonchev–Trinajstić information content (AvgIpc) is 2.58. The summed E-state index contributed by atoms with van der Waals surface area (Å²) in [6, 6.07) is 25.1. The van der Waals surface area contributed by atoms with Crippen molar-refractivity contribution in [3.05, 3.63) is 123 Å². The largest absolute Gasteiger partial charge is 0.0837 e. The number of halogens is 3. The molecule has 6 aliphatic rings. The summed E-state index contributed by atoms with van der Waals surface area (Å²) in [5.41, 5.74) is 8.24. The monoisotopic (exact) mass is 1280 g/mol. The molecule has 6 aliphatic carbocycles. The third-order valence-corrected chi connectivity index (χ3v) is 24.8. The Morgan fingerprint density at radius 1 is 0.256 bits per heavy atom. The molecule has 0 nitrogen and oxygen atoms in total. The van der Waals surface area contributed by atoms with Crippen LogP contribution in [-0.4, -0.2) is 0 Å². The van der Waals surface area contributed by atoms with Gasteiger partial charge in [-0.2, -0.15) is 0 Å². The standard InChI is InChI=1S/C30H47Cl.C29H45Cl.C28H43Cl/c1-2-3-4-5-6-7-8-9-10-11-14-25-17-19-26(20-18-25)27-21-23-28(24-22-27)29-15-12-13-16-30(29)31;1-2-3-4-5-6-7-8-9-10-13-24-16-18-25(19-17-24)26-20-22-27(23-21-26)28-14-11-12-15-29(28)30;1-2-3-4-5-6-7-8-9-12-23-15-17-24(18-16-23)25-19-21-26(22-20-25)27-13-10-11-14-28(27)29/h12-13,15-16,23,25-27H,2-11,14,17-22,24H2,1H3;11-12,14-15,22,24-26H,2-10,13,16-21,23H2,1H3;10-11,13-14,21,23-25H,2-9,12,15-20,22H2,1H3. The summed E-state index contributed by atoms with van der Waals surface area (Å²) in [5.74, 6) is 8.80. The van der Waals surface area contributed by atoms with Crippen LogP contribution in [0.1, 0.15) is 365 Å². The molecule has 0 aromatic heterocycles. The lowest BCUT2D eigenvalue weighted by Gasteiger charge is -2.35. The summed E-state index contributed by atoms with van der Waals surface area (Å²) in [4.78, 5) is 0. The van der Waals surface area contributed by atoms with Gasteiger partial charge in [0.15, 0.2) is 0 Å². The molecule has 0 amide bonds. The van der Waals surface area contributed by atoms with E-state index in [1.807, 2.05) is 36.4 Å². The highest BCUT2D eigenvalue weighted by atomic mass is 35.5. The number of benzene rings is 3. The highest BCUT2D eigenvalue weighted by Gasteiger charge is 2.32. The smallest absolute Gasteiger partial charge is 0.0481 e. The van der Waals surface area contributed by atoms with Gasteiger partial charge in [-0.3, -0.25) is 0 Å². The van der Waals surface area contributed by atoms with Crippen LogP contribution in [-0.2, 0) is 0 Å². The quantitative estimate of drug-likeness (QED) is 0.0509. The minimum Gasteiger partial charge on any atom is -0.0837 e. The van der Waals surface area contributed by atoms with Gasteiger partial charge < -0.3 is 0 Å². The van der Waals surface area contributed by atoms with Crippen LogP contribution >= 0.6 is 34.8 Å². The van der Waals surface area contributed by atoms with Crippen molar-refractivity contribution in [2.45, 2.75) is 348 Å². The minimum absolute atomic E-state index is 0.915. The van der Waals surface area contributed by atoms with Gasteiger partial charge in [-0.15, -0.1) is 0 Å². The maximum absolute atomic E-state index is 6.42. The van der Waals surface area contributed by atoms with Crippen molar-refractivity contribution in [2.24, 2.45) is 53.3 Å². The molecule has 3 fully saturated rings. The molecule has 0 heterocycles. The lowest BCUT2D eigenvalue weighted by molar-refractivity contribution is 0.187. The molecule has 0 aliphatic heterocycles. The Kier molecular flexibility index (Phi) is 38.4. The van der Waals surface area contributed by atoms with Gasteiger partial charge in [-0.25, -0.2) is 0 Å². The Morgan fingerprint density at radius 3 is 0.689 bits per heavy atom. The van der Waals surface area contributed by atoms with Crippen LogP contribution in [0.5, 0.6) is 0 Å². The van der Waals surface area contributed by atoms with Gasteiger partial charge in [-0.05, 0) is 201 Å². The van der Waals surface area contributed by atoms with E-state index in [4.69, 9.17) is 34.8 Å². The topological polar surface area (TPSA) is 0 Å². The van der Waals surface area contributed by atoms with E-state index in [-0.39, 0.29) is 0 Å². The molecule has 0 saturated heterocycles. The molecular formula is C87H135Cl3. The first-order chi connectivity index (χ1) is 44.3. The second-order valence-corrected chi connectivity index (χ2v) is 31.6. The fourth-order valence-corrected chi connectivity index (χ4v) is 18.6. The van der Waals surface area contributed by atoms with Gasteiger partial charge >= 0.3 is 0 Å². The molecule has 90 heavy (non-hydrogen) atoms. The van der Waals surface area contributed by atoms with E-state index in [9.17, 15) is 0 Å². The Balaban J connectivity index is 0.000000192. The third-order valence-electron chi connectivity index (χ3n) is 23.8. The summed E-state index contributed by atoms with van der Waals surface area (Å²) >= 11 is 19.2. The molecule has 0 bridgehead atoms. The number of rotatable bonds is 36. The van der Waals surface area contributed by atoms with Crippen LogP contribution in [0.2, 0.25) is 15.1 Å². The normalized spacial score (nSPS) is 24.6. The molecule has 504 valence electrons. The van der Waals surface area contributed by atoms with E-state index >= 15 is 0 Å². The summed E-state index contributed by atoms with van der Waals surface area (Å²) in [5, 5.41) is 2.75. The SMILES string of the molecule is CCCCCCCCCCC1CCC(C2CC=C(c3ccccc3Cl)CC2)CC1.CCCCCCCCCCCC1CCC(C2CC=C(c3ccccc3Cl)CC2)CC1.CCCCCCCCCCCCC1CCC(C2CC=C(c3ccccc3Cl)CC2)CC1. The number of unbranched alkanes of at least 4 members (excludes halogenated alkanes) is 24. The van der Waals surface area contributed by atoms with Crippen molar-refractivity contribution < 1.29 is 0 Å². The molecule has 9 rings (SSSR count). The highest BCUT2D eigenvalue weighted by Crippen LogP contribution is 2.46. The van der Waals surface area contributed by atoms with Gasteiger partial charge in [0.2, 0.25) is 0 Å². The lowest BCUT2D eigenvalue weighted by Crippen LogP contribution is -2.23. The highest BCUT2D eigenvalue weighted by molar-refractivity contribution is 6.33. The van der Waals surface area contributed by atoms with Crippen LogP contribution in [0, 0.1) is 53.3 Å². The van der Waals surface area contributed by atoms with Gasteiger partial charge in [0, 0.05) is 15.1 Å². The maximum Gasteiger partial charge on any atom is 0.0481 e. The number of hydrogen-bond acceptors (Lipinski definition) is 0. The van der Waals surface area contributed by atoms with Crippen molar-refractivity contribution in [1.82, 2.24) is 0 Å². The summed E-state index contributed by atoms with van der Waals surface area (Å²) < 4.78 is 0. The van der Waals surface area contributed by atoms with Crippen LogP contribution in [0.4, 0.5) is 0 Å². The Bertz CT molecular complexity index is 2400. The number of allylic oxidation sites excluding steroid dienone is 6. The summed E-state index contributed by atoms with van der Waals surface area (Å²) in [6.45, 7) is 6.91. The zero-order valence-corrected chi connectivity index (χ0v) is 60.8. The number of hydrogen-bond donors (Lipinski definition) is 0. The van der Waals surface area contributed by atoms with E-state index in [1.54, 1.807) is 0 Å². The Hall–Kier alpha value is -2.25. The first kappa shape index (κ1) is 75.1. The Morgan fingerprint density at radius 2 is 0.478 bits per heavy atom. The third kappa shape index (κ3) is 28.2. The summed E-state index contributed by atoms with van der Waals surface area (Å²) in [6.07, 6.45) is 80.8. The molecule has 3 heteroatoms. The molecule has 3 unspecified atom stereocenters. The second-order valence-electron chi connectivity index (χ2n) is 30.4. The van der Waals surface area contributed by atoms with Crippen LogP contribution < -0.4 is 0 Å². The van der Waals surface area contributed by atoms with E-state index in [1.165, 1.54) is 361 Å². The molecular weight excluding hydrogens is 1150 g/mol. The van der Waals surface area contributed by atoms with Crippen molar-refractivity contribution in [3.63, 3.8) is 0 Å². The molecule has 3 saturated carbocycles. The van der Waals surface area contributed by atoms with Gasteiger partial charge in [0.25, 0.3) is 0 Å². The van der Waals surface area contributed by atoms with Gasteiger partial charge in [-0.1, -0.05) is 360 Å². The predicted molar refractivity (Wildman–Crippen MR) is 402 cm³/mol. The molecule has 3 aromatic carbocycles. The molecule has 0 spiro atoms. The van der Waals surface area contributed by atoms with Crippen molar-refractivity contribution in [3.8, 4) is 0 Å². The molecule has 0 N–H and O–H groups in total. The van der Waals surface area contributed by atoms with E-state index in [0.29, 0.717) is 0 Å². The molecule has 3 aromatic rings.